The first kappa shape index (κ1) is 12.3. The predicted molar refractivity (Wildman–Crippen MR) is 59.9 cm³/mol. The fraction of sp³-hybridized carbons (Fsp3) is 0.909. The molecule has 0 aromatic rings. The monoisotopic (exact) mass is 214 g/mol. The van der Waals surface area contributed by atoms with E-state index in [9.17, 15) is 4.79 Å². The molecule has 0 saturated carbocycles. The lowest BCUT2D eigenvalue weighted by molar-refractivity contribution is 0.0113. The Morgan fingerprint density at radius 3 is 2.47 bits per heavy atom. The summed E-state index contributed by atoms with van der Waals surface area (Å²) in [5.41, 5.74) is -0.532. The Labute approximate surface area is 92.0 Å². The minimum atomic E-state index is -0.423. The van der Waals surface area contributed by atoms with Gasteiger partial charge in [-0.05, 0) is 40.7 Å². The van der Waals surface area contributed by atoms with Gasteiger partial charge in [0.2, 0.25) is 0 Å². The number of nitrogens with zero attached hydrogens (tertiary/aromatic N) is 1. The van der Waals surface area contributed by atoms with Crippen LogP contribution in [0.4, 0.5) is 4.79 Å². The molecule has 0 radical (unpaired) electrons. The molecule has 0 bridgehead atoms. The van der Waals surface area contributed by atoms with Crippen LogP contribution >= 0.6 is 0 Å². The van der Waals surface area contributed by atoms with Gasteiger partial charge in [-0.3, -0.25) is 0 Å². The first-order valence-electron chi connectivity index (χ1n) is 5.42. The number of hydrogen-bond acceptors (Lipinski definition) is 3. The predicted octanol–water partition coefficient (Wildman–Crippen LogP) is 1.61. The second-order valence-corrected chi connectivity index (χ2v) is 5.46. The molecule has 1 rings (SSSR count). The number of ether oxygens (including phenoxy) is 1. The van der Waals surface area contributed by atoms with Crippen molar-refractivity contribution in [3.63, 3.8) is 0 Å². The quantitative estimate of drug-likeness (QED) is 0.721. The highest BCUT2D eigenvalue weighted by atomic mass is 16.6. The highest BCUT2D eigenvalue weighted by Crippen LogP contribution is 2.23. The Kier molecular flexibility index (Phi) is 3.28. The van der Waals surface area contributed by atoms with E-state index < -0.39 is 5.60 Å². The van der Waals surface area contributed by atoms with Gasteiger partial charge in [-0.2, -0.15) is 0 Å². The first-order valence-corrected chi connectivity index (χ1v) is 5.42. The van der Waals surface area contributed by atoms with E-state index in [0.29, 0.717) is 0 Å². The number of hydrogen-bond donors (Lipinski definition) is 1. The van der Waals surface area contributed by atoms with Crippen LogP contribution in [0.15, 0.2) is 0 Å². The van der Waals surface area contributed by atoms with E-state index in [1.54, 1.807) is 11.9 Å². The smallest absolute Gasteiger partial charge is 0.410 e. The first-order chi connectivity index (χ1) is 6.75. The van der Waals surface area contributed by atoms with Gasteiger partial charge >= 0.3 is 6.09 Å². The van der Waals surface area contributed by atoms with Gasteiger partial charge in [-0.25, -0.2) is 4.79 Å². The minimum absolute atomic E-state index is 0.109. The van der Waals surface area contributed by atoms with Crippen LogP contribution in [0.25, 0.3) is 0 Å². The van der Waals surface area contributed by atoms with Crippen molar-refractivity contribution in [3.05, 3.63) is 0 Å². The van der Waals surface area contributed by atoms with Crippen LogP contribution < -0.4 is 5.32 Å². The molecule has 1 amide bonds. The lowest BCUT2D eigenvalue weighted by Crippen LogP contribution is -2.50. The summed E-state index contributed by atoms with van der Waals surface area (Å²) >= 11 is 0. The SMILES string of the molecule is CN(C(=O)OC(C)(C)C)C1(C)CCNC1. The molecule has 4 heteroatoms. The third-order valence-corrected chi connectivity index (χ3v) is 2.82. The standard InChI is InChI=1S/C11H22N2O2/c1-10(2,3)15-9(14)13(5)11(4)6-7-12-8-11/h12H,6-8H2,1-5H3. The molecule has 1 heterocycles. The summed E-state index contributed by atoms with van der Waals surface area (Å²) in [5, 5.41) is 3.26. The van der Waals surface area contributed by atoms with Crippen molar-refractivity contribution in [2.24, 2.45) is 0 Å². The van der Waals surface area contributed by atoms with E-state index in [-0.39, 0.29) is 11.6 Å². The molecule has 0 spiro atoms. The highest BCUT2D eigenvalue weighted by molar-refractivity contribution is 5.69. The van der Waals surface area contributed by atoms with E-state index >= 15 is 0 Å². The molecule has 15 heavy (non-hydrogen) atoms. The van der Waals surface area contributed by atoms with Crippen molar-refractivity contribution in [2.45, 2.75) is 45.3 Å². The van der Waals surface area contributed by atoms with Crippen LogP contribution in [-0.2, 0) is 4.74 Å². The highest BCUT2D eigenvalue weighted by Gasteiger charge is 2.37. The van der Waals surface area contributed by atoms with Crippen LogP contribution in [-0.4, -0.2) is 42.3 Å². The van der Waals surface area contributed by atoms with Crippen molar-refractivity contribution < 1.29 is 9.53 Å². The second kappa shape index (κ2) is 4.00. The molecule has 88 valence electrons. The maximum atomic E-state index is 11.8. The minimum Gasteiger partial charge on any atom is -0.444 e. The number of carbonyl (C=O) groups is 1. The summed E-state index contributed by atoms with van der Waals surface area (Å²) in [6, 6.07) is 0. The fourth-order valence-corrected chi connectivity index (χ4v) is 1.64. The van der Waals surface area contributed by atoms with E-state index in [1.165, 1.54) is 0 Å². The Hall–Kier alpha value is -0.770. The summed E-state index contributed by atoms with van der Waals surface area (Å²) in [4.78, 5) is 13.5. The molecular formula is C11H22N2O2. The van der Waals surface area contributed by atoms with Crippen molar-refractivity contribution in [3.8, 4) is 0 Å². The summed E-state index contributed by atoms with van der Waals surface area (Å²) < 4.78 is 5.34. The van der Waals surface area contributed by atoms with Gasteiger partial charge in [0, 0.05) is 13.6 Å². The molecule has 1 unspecified atom stereocenters. The Bertz CT molecular complexity index is 239. The van der Waals surface area contributed by atoms with Crippen LogP contribution in [0.3, 0.4) is 0 Å². The number of nitrogens with one attached hydrogen (secondary N) is 1. The zero-order valence-corrected chi connectivity index (χ0v) is 10.4. The summed E-state index contributed by atoms with van der Waals surface area (Å²) in [6.07, 6.45) is 0.733. The molecule has 1 fully saturated rings. The van der Waals surface area contributed by atoms with Crippen LogP contribution in [0, 0.1) is 0 Å². The number of carbonyl (C=O) groups excluding carboxylic acids is 1. The molecule has 1 aliphatic heterocycles. The molecule has 1 N–H and O–H groups in total. The fourth-order valence-electron chi connectivity index (χ4n) is 1.64. The number of rotatable bonds is 1. The number of likely N-dealkylation sites (N-methyl/N-ethyl adjacent to an activating group) is 1. The van der Waals surface area contributed by atoms with Crippen molar-refractivity contribution >= 4 is 6.09 Å². The molecule has 0 aliphatic carbocycles. The van der Waals surface area contributed by atoms with E-state index in [2.05, 4.69) is 12.2 Å². The zero-order chi connectivity index (χ0) is 11.7. The number of amides is 1. The third kappa shape index (κ3) is 3.09. The molecular weight excluding hydrogens is 192 g/mol. The van der Waals surface area contributed by atoms with Gasteiger partial charge in [0.15, 0.2) is 0 Å². The van der Waals surface area contributed by atoms with Crippen molar-refractivity contribution in [1.29, 1.82) is 0 Å². The molecule has 0 aromatic carbocycles. The van der Waals surface area contributed by atoms with Gasteiger partial charge in [0.1, 0.15) is 5.60 Å². The van der Waals surface area contributed by atoms with Crippen LogP contribution in [0.5, 0.6) is 0 Å². The molecule has 1 aliphatic rings. The Morgan fingerprint density at radius 2 is 2.07 bits per heavy atom. The largest absolute Gasteiger partial charge is 0.444 e. The molecule has 1 atom stereocenters. The molecule has 4 nitrogen and oxygen atoms in total. The third-order valence-electron chi connectivity index (χ3n) is 2.82. The molecule has 1 saturated heterocycles. The average Bonchev–Trinajstić information content (AvgIpc) is 2.49. The summed E-state index contributed by atoms with van der Waals surface area (Å²) in [7, 11) is 1.81. The van der Waals surface area contributed by atoms with Gasteiger partial charge in [0.05, 0.1) is 5.54 Å². The topological polar surface area (TPSA) is 41.6 Å². The zero-order valence-electron chi connectivity index (χ0n) is 10.4. The van der Waals surface area contributed by atoms with Crippen LogP contribution in [0.1, 0.15) is 34.1 Å². The van der Waals surface area contributed by atoms with E-state index in [0.717, 1.165) is 19.5 Å². The van der Waals surface area contributed by atoms with Crippen molar-refractivity contribution in [2.75, 3.05) is 20.1 Å². The average molecular weight is 214 g/mol. The van der Waals surface area contributed by atoms with Gasteiger partial charge in [0.25, 0.3) is 0 Å². The lowest BCUT2D eigenvalue weighted by atomic mass is 10.0. The normalized spacial score (nSPS) is 26.5. The maximum Gasteiger partial charge on any atom is 0.410 e. The van der Waals surface area contributed by atoms with Crippen molar-refractivity contribution in [1.82, 2.24) is 10.2 Å². The summed E-state index contributed by atoms with van der Waals surface area (Å²) in [5.74, 6) is 0. The van der Waals surface area contributed by atoms with Gasteiger partial charge < -0.3 is 15.0 Å². The van der Waals surface area contributed by atoms with E-state index in [4.69, 9.17) is 4.74 Å². The van der Waals surface area contributed by atoms with E-state index in [1.807, 2.05) is 20.8 Å². The Balaban J connectivity index is 2.60. The van der Waals surface area contributed by atoms with Crippen LogP contribution in [0.2, 0.25) is 0 Å². The lowest BCUT2D eigenvalue weighted by Gasteiger charge is -2.35. The van der Waals surface area contributed by atoms with Gasteiger partial charge in [-0.15, -0.1) is 0 Å². The molecule has 0 aromatic heterocycles. The Morgan fingerprint density at radius 1 is 1.47 bits per heavy atom. The van der Waals surface area contributed by atoms with Gasteiger partial charge in [-0.1, -0.05) is 0 Å². The maximum absolute atomic E-state index is 11.8. The summed E-state index contributed by atoms with van der Waals surface area (Å²) in [6.45, 7) is 9.53. The second-order valence-electron chi connectivity index (χ2n) is 5.46.